The molecular formula is C15H24N2O. The first-order chi connectivity index (χ1) is 8.63. The molecule has 0 spiro atoms. The molecule has 0 aromatic heterocycles. The first-order valence-corrected chi connectivity index (χ1v) is 6.61. The summed E-state index contributed by atoms with van der Waals surface area (Å²) >= 11 is 0. The lowest BCUT2D eigenvalue weighted by atomic mass is 10.1. The van der Waals surface area contributed by atoms with Crippen LogP contribution in [-0.2, 0) is 6.42 Å². The monoisotopic (exact) mass is 248 g/mol. The van der Waals surface area contributed by atoms with E-state index in [0.717, 1.165) is 31.5 Å². The van der Waals surface area contributed by atoms with E-state index in [1.54, 1.807) is 0 Å². The number of ketones is 1. The molecule has 1 rings (SSSR count). The second-order valence-corrected chi connectivity index (χ2v) is 4.81. The Morgan fingerprint density at radius 2 is 1.89 bits per heavy atom. The van der Waals surface area contributed by atoms with Crippen LogP contribution in [0.25, 0.3) is 0 Å². The zero-order valence-electron chi connectivity index (χ0n) is 11.7. The lowest BCUT2D eigenvalue weighted by molar-refractivity contribution is 0.0991. The van der Waals surface area contributed by atoms with Gasteiger partial charge in [-0.1, -0.05) is 31.2 Å². The van der Waals surface area contributed by atoms with Gasteiger partial charge >= 0.3 is 0 Å². The molecular weight excluding hydrogens is 224 g/mol. The molecule has 0 aliphatic rings. The molecule has 1 aromatic rings. The highest BCUT2D eigenvalue weighted by Crippen LogP contribution is 2.05. The molecule has 0 radical (unpaired) electrons. The molecule has 0 fully saturated rings. The summed E-state index contributed by atoms with van der Waals surface area (Å²) in [6, 6.07) is 7.89. The maximum absolute atomic E-state index is 11.9. The summed E-state index contributed by atoms with van der Waals surface area (Å²) in [5, 5.41) is 3.19. The molecule has 0 saturated heterocycles. The largest absolute Gasteiger partial charge is 0.310 e. The molecule has 0 saturated carbocycles. The van der Waals surface area contributed by atoms with Crippen LogP contribution in [0.5, 0.6) is 0 Å². The molecule has 3 heteroatoms. The van der Waals surface area contributed by atoms with Crippen molar-refractivity contribution >= 4 is 5.78 Å². The third kappa shape index (κ3) is 5.43. The van der Waals surface area contributed by atoms with E-state index in [9.17, 15) is 4.79 Å². The van der Waals surface area contributed by atoms with Crippen molar-refractivity contribution in [1.82, 2.24) is 10.2 Å². The third-order valence-electron chi connectivity index (χ3n) is 2.93. The highest BCUT2D eigenvalue weighted by Gasteiger charge is 2.04. The summed E-state index contributed by atoms with van der Waals surface area (Å²) in [7, 11) is 4.11. The Hall–Kier alpha value is -1.19. The smallest absolute Gasteiger partial charge is 0.176 e. The highest BCUT2D eigenvalue weighted by molar-refractivity contribution is 5.97. The van der Waals surface area contributed by atoms with Gasteiger partial charge in [-0.3, -0.25) is 4.79 Å². The van der Waals surface area contributed by atoms with Gasteiger partial charge in [0.15, 0.2) is 5.78 Å². The van der Waals surface area contributed by atoms with Crippen molar-refractivity contribution in [2.24, 2.45) is 0 Å². The van der Waals surface area contributed by atoms with E-state index in [1.807, 2.05) is 24.3 Å². The molecule has 0 aliphatic heterocycles. The van der Waals surface area contributed by atoms with Gasteiger partial charge in [0, 0.05) is 5.56 Å². The molecule has 100 valence electrons. The van der Waals surface area contributed by atoms with Crippen LogP contribution < -0.4 is 5.32 Å². The van der Waals surface area contributed by atoms with E-state index in [0.29, 0.717) is 6.54 Å². The number of carbonyl (C=O) groups is 1. The molecule has 0 atom stereocenters. The summed E-state index contributed by atoms with van der Waals surface area (Å²) in [6.45, 7) is 4.48. The van der Waals surface area contributed by atoms with E-state index in [2.05, 4.69) is 31.2 Å². The van der Waals surface area contributed by atoms with Gasteiger partial charge in [-0.25, -0.2) is 0 Å². The number of nitrogens with zero attached hydrogens (tertiary/aromatic N) is 1. The minimum atomic E-state index is 0.169. The van der Waals surface area contributed by atoms with E-state index in [-0.39, 0.29) is 5.78 Å². The average Bonchev–Trinajstić information content (AvgIpc) is 2.38. The first kappa shape index (κ1) is 14.9. The van der Waals surface area contributed by atoms with Crippen LogP contribution in [0.3, 0.4) is 0 Å². The zero-order valence-corrected chi connectivity index (χ0v) is 11.7. The van der Waals surface area contributed by atoms with Gasteiger partial charge < -0.3 is 10.2 Å². The quantitative estimate of drug-likeness (QED) is 0.564. The van der Waals surface area contributed by atoms with Gasteiger partial charge in [0.05, 0.1) is 6.54 Å². The normalized spacial score (nSPS) is 10.9. The molecule has 0 amide bonds. The molecule has 18 heavy (non-hydrogen) atoms. The van der Waals surface area contributed by atoms with Crippen molar-refractivity contribution in [3.05, 3.63) is 35.4 Å². The Bertz CT molecular complexity index is 357. The number of rotatable bonds is 8. The standard InChI is InChI=1S/C15H24N2O/c1-4-13-6-8-14(9-7-13)15(18)12-16-10-5-11-17(2)3/h6-9,16H,4-5,10-12H2,1-3H3. The molecule has 0 bridgehead atoms. The van der Waals surface area contributed by atoms with Crippen LogP contribution in [0.15, 0.2) is 24.3 Å². The third-order valence-corrected chi connectivity index (χ3v) is 2.93. The van der Waals surface area contributed by atoms with E-state index >= 15 is 0 Å². The van der Waals surface area contributed by atoms with Crippen molar-refractivity contribution in [2.75, 3.05) is 33.7 Å². The van der Waals surface area contributed by atoms with Crippen LogP contribution in [0, 0.1) is 0 Å². The van der Waals surface area contributed by atoms with Gasteiger partial charge in [0.25, 0.3) is 0 Å². The molecule has 1 N–H and O–H groups in total. The van der Waals surface area contributed by atoms with Crippen LogP contribution in [0.1, 0.15) is 29.3 Å². The predicted octanol–water partition coefficient (Wildman–Crippen LogP) is 1.97. The molecule has 1 aromatic carbocycles. The summed E-state index contributed by atoms with van der Waals surface area (Å²) in [5.41, 5.74) is 2.07. The maximum Gasteiger partial charge on any atom is 0.176 e. The molecule has 0 aliphatic carbocycles. The van der Waals surface area contributed by atoms with Gasteiger partial charge in [-0.15, -0.1) is 0 Å². The zero-order chi connectivity index (χ0) is 13.4. The van der Waals surface area contributed by atoms with E-state index < -0.39 is 0 Å². The van der Waals surface area contributed by atoms with Crippen LogP contribution in [0.2, 0.25) is 0 Å². The Morgan fingerprint density at radius 1 is 1.22 bits per heavy atom. The molecule has 0 heterocycles. The van der Waals surface area contributed by atoms with Crippen LogP contribution >= 0.6 is 0 Å². The number of aryl methyl sites for hydroxylation is 1. The predicted molar refractivity (Wildman–Crippen MR) is 76.2 cm³/mol. The minimum absolute atomic E-state index is 0.169. The lowest BCUT2D eigenvalue weighted by Gasteiger charge is -2.09. The summed E-state index contributed by atoms with van der Waals surface area (Å²) in [5.74, 6) is 0.169. The van der Waals surface area contributed by atoms with Crippen LogP contribution in [0.4, 0.5) is 0 Å². The summed E-state index contributed by atoms with van der Waals surface area (Å²) in [4.78, 5) is 14.0. The highest BCUT2D eigenvalue weighted by atomic mass is 16.1. The molecule has 0 unspecified atom stereocenters. The van der Waals surface area contributed by atoms with Crippen molar-refractivity contribution < 1.29 is 4.79 Å². The average molecular weight is 248 g/mol. The SMILES string of the molecule is CCc1ccc(C(=O)CNCCCN(C)C)cc1. The first-order valence-electron chi connectivity index (χ1n) is 6.61. The number of Topliss-reactive ketones (excluding diaryl/α,β-unsaturated/α-hetero) is 1. The van der Waals surface area contributed by atoms with Crippen molar-refractivity contribution in [3.8, 4) is 0 Å². The fraction of sp³-hybridized carbons (Fsp3) is 0.533. The Morgan fingerprint density at radius 3 is 2.44 bits per heavy atom. The number of nitrogens with one attached hydrogen (secondary N) is 1. The fourth-order valence-electron chi connectivity index (χ4n) is 1.75. The van der Waals surface area contributed by atoms with E-state index in [4.69, 9.17) is 0 Å². The molecule has 3 nitrogen and oxygen atoms in total. The Balaban J connectivity index is 2.27. The second-order valence-electron chi connectivity index (χ2n) is 4.81. The summed E-state index contributed by atoms with van der Waals surface area (Å²) < 4.78 is 0. The van der Waals surface area contributed by atoms with Crippen molar-refractivity contribution in [2.45, 2.75) is 19.8 Å². The summed E-state index contributed by atoms with van der Waals surface area (Å²) in [6.07, 6.45) is 2.08. The topological polar surface area (TPSA) is 32.3 Å². The van der Waals surface area contributed by atoms with Gasteiger partial charge in [-0.05, 0) is 45.6 Å². The number of hydrogen-bond donors (Lipinski definition) is 1. The van der Waals surface area contributed by atoms with Gasteiger partial charge in [0.2, 0.25) is 0 Å². The minimum Gasteiger partial charge on any atom is -0.310 e. The lowest BCUT2D eigenvalue weighted by Crippen LogP contribution is -2.26. The van der Waals surface area contributed by atoms with Crippen molar-refractivity contribution in [1.29, 1.82) is 0 Å². The maximum atomic E-state index is 11.9. The Labute approximate surface area is 110 Å². The van der Waals surface area contributed by atoms with Crippen molar-refractivity contribution in [3.63, 3.8) is 0 Å². The second kappa shape index (κ2) is 8.01. The van der Waals surface area contributed by atoms with Gasteiger partial charge in [-0.2, -0.15) is 0 Å². The Kier molecular flexibility index (Phi) is 6.61. The van der Waals surface area contributed by atoms with E-state index in [1.165, 1.54) is 5.56 Å². The fourth-order valence-corrected chi connectivity index (χ4v) is 1.75. The van der Waals surface area contributed by atoms with Gasteiger partial charge in [0.1, 0.15) is 0 Å². The number of hydrogen-bond acceptors (Lipinski definition) is 3. The number of benzene rings is 1. The van der Waals surface area contributed by atoms with Crippen LogP contribution in [-0.4, -0.2) is 44.4 Å². The number of carbonyl (C=O) groups excluding carboxylic acids is 1.